The first-order valence-corrected chi connectivity index (χ1v) is 10.4. The largest absolute Gasteiger partial charge is 0.367 e. The number of carbonyl (C=O) groups is 1. The number of hydrogen-bond acceptors (Lipinski definition) is 8. The van der Waals surface area contributed by atoms with E-state index in [2.05, 4.69) is 46.6 Å². The normalized spacial score (nSPS) is 14.1. The zero-order valence-corrected chi connectivity index (χ0v) is 17.8. The Balaban J connectivity index is 1.37. The zero-order valence-electron chi connectivity index (χ0n) is 17.8. The average molecular weight is 432 g/mol. The summed E-state index contributed by atoms with van der Waals surface area (Å²) < 4.78 is 1.64. The standard InChI is InChI=1S/C21H24N10O/c1-2-23-21(32)28-19-12-16(24-15-25-19)14-29-8-10-30(11-9-29)18-4-5-20(27-17(18)13-22)31-7-3-6-26-31/h3-7,12,15H,2,8-11,14H2,1H3,(H2,23,24,25,28,32). The quantitative estimate of drug-likeness (QED) is 0.598. The van der Waals surface area contributed by atoms with E-state index in [1.54, 1.807) is 23.1 Å². The first-order chi connectivity index (χ1) is 15.7. The molecule has 0 aromatic carbocycles. The van der Waals surface area contributed by atoms with Crippen molar-refractivity contribution in [3.8, 4) is 11.9 Å². The van der Waals surface area contributed by atoms with Crippen molar-refractivity contribution >= 4 is 17.5 Å². The minimum absolute atomic E-state index is 0.286. The Hall–Kier alpha value is -4.04. The van der Waals surface area contributed by atoms with Crippen LogP contribution in [0.3, 0.4) is 0 Å². The molecular weight excluding hydrogens is 408 g/mol. The third-order valence-corrected chi connectivity index (χ3v) is 5.11. The fourth-order valence-electron chi connectivity index (χ4n) is 3.56. The maximum Gasteiger partial charge on any atom is 0.320 e. The minimum atomic E-state index is -0.286. The number of nitriles is 1. The number of nitrogens with one attached hydrogen (secondary N) is 2. The predicted octanol–water partition coefficient (Wildman–Crippen LogP) is 1.39. The van der Waals surface area contributed by atoms with Crippen LogP contribution in [-0.2, 0) is 6.54 Å². The van der Waals surface area contributed by atoms with Gasteiger partial charge in [-0.15, -0.1) is 0 Å². The number of urea groups is 1. The van der Waals surface area contributed by atoms with Crippen LogP contribution in [0.2, 0.25) is 0 Å². The summed E-state index contributed by atoms with van der Waals surface area (Å²) in [4.78, 5) is 29.0. The second kappa shape index (κ2) is 9.84. The lowest BCUT2D eigenvalue weighted by Crippen LogP contribution is -2.46. The molecule has 4 heterocycles. The van der Waals surface area contributed by atoms with Gasteiger partial charge < -0.3 is 10.2 Å². The van der Waals surface area contributed by atoms with Crippen LogP contribution >= 0.6 is 0 Å². The van der Waals surface area contributed by atoms with Gasteiger partial charge >= 0.3 is 6.03 Å². The molecule has 11 nitrogen and oxygen atoms in total. The molecule has 1 aliphatic rings. The maximum absolute atomic E-state index is 11.7. The molecule has 0 saturated carbocycles. The Morgan fingerprint density at radius 2 is 2.06 bits per heavy atom. The van der Waals surface area contributed by atoms with Gasteiger partial charge in [0.1, 0.15) is 18.2 Å². The maximum atomic E-state index is 11.7. The Labute approximate surface area is 185 Å². The smallest absolute Gasteiger partial charge is 0.320 e. The minimum Gasteiger partial charge on any atom is -0.367 e. The summed E-state index contributed by atoms with van der Waals surface area (Å²) in [5.41, 5.74) is 2.06. The molecule has 164 valence electrons. The number of nitrogens with zero attached hydrogens (tertiary/aromatic N) is 8. The molecule has 4 rings (SSSR count). The second-order valence-corrected chi connectivity index (χ2v) is 7.24. The summed E-state index contributed by atoms with van der Waals surface area (Å²) in [5, 5.41) is 19.2. The summed E-state index contributed by atoms with van der Waals surface area (Å²) in [6, 6.07) is 9.34. The number of carbonyl (C=O) groups excluding carboxylic acids is 1. The van der Waals surface area contributed by atoms with Crippen LogP contribution in [0.5, 0.6) is 0 Å². The van der Waals surface area contributed by atoms with Gasteiger partial charge in [-0.1, -0.05) is 0 Å². The van der Waals surface area contributed by atoms with Gasteiger partial charge in [-0.05, 0) is 25.1 Å². The van der Waals surface area contributed by atoms with E-state index >= 15 is 0 Å². The number of aromatic nitrogens is 5. The molecule has 0 spiro atoms. The number of piperazine rings is 1. The molecule has 1 saturated heterocycles. The van der Waals surface area contributed by atoms with Gasteiger partial charge in [-0.2, -0.15) is 10.4 Å². The highest BCUT2D eigenvalue weighted by atomic mass is 16.2. The Morgan fingerprint density at radius 1 is 1.22 bits per heavy atom. The van der Waals surface area contributed by atoms with Crippen molar-refractivity contribution in [2.24, 2.45) is 0 Å². The fourth-order valence-corrected chi connectivity index (χ4v) is 3.56. The van der Waals surface area contributed by atoms with Gasteiger partial charge in [0.2, 0.25) is 0 Å². The highest BCUT2D eigenvalue weighted by Gasteiger charge is 2.21. The van der Waals surface area contributed by atoms with E-state index in [1.807, 2.05) is 25.1 Å². The van der Waals surface area contributed by atoms with E-state index < -0.39 is 0 Å². The molecule has 0 bridgehead atoms. The van der Waals surface area contributed by atoms with E-state index in [0.29, 0.717) is 30.4 Å². The molecule has 3 aromatic rings. The molecule has 0 atom stereocenters. The number of amides is 2. The van der Waals surface area contributed by atoms with Gasteiger partial charge in [-0.25, -0.2) is 24.4 Å². The number of hydrogen-bond donors (Lipinski definition) is 2. The van der Waals surface area contributed by atoms with Crippen molar-refractivity contribution in [1.82, 2.24) is 34.9 Å². The van der Waals surface area contributed by atoms with Gasteiger partial charge in [0, 0.05) is 57.7 Å². The Bertz CT molecular complexity index is 1100. The van der Waals surface area contributed by atoms with Crippen LogP contribution in [0.15, 0.2) is 43.0 Å². The van der Waals surface area contributed by atoms with Gasteiger partial charge in [0.25, 0.3) is 0 Å². The van der Waals surface area contributed by atoms with Crippen molar-refractivity contribution in [3.05, 3.63) is 54.4 Å². The molecule has 32 heavy (non-hydrogen) atoms. The highest BCUT2D eigenvalue weighted by Crippen LogP contribution is 2.22. The molecule has 1 fully saturated rings. The molecule has 3 aromatic heterocycles. The lowest BCUT2D eigenvalue weighted by Gasteiger charge is -2.36. The fraction of sp³-hybridized carbons (Fsp3) is 0.333. The van der Waals surface area contributed by atoms with Gasteiger partial charge in [0.05, 0.1) is 11.4 Å². The summed E-state index contributed by atoms with van der Waals surface area (Å²) in [6.45, 7) is 6.22. The first kappa shape index (κ1) is 21.2. The SMILES string of the molecule is CCNC(=O)Nc1cc(CN2CCN(c3ccc(-n4cccn4)nc3C#N)CC2)ncn1. The summed E-state index contributed by atoms with van der Waals surface area (Å²) in [6.07, 6.45) is 4.93. The molecule has 2 amide bonds. The van der Waals surface area contributed by atoms with Crippen LogP contribution in [0.4, 0.5) is 16.3 Å². The topological polar surface area (TPSA) is 128 Å². The number of anilines is 2. The number of pyridine rings is 1. The van der Waals surface area contributed by atoms with E-state index in [4.69, 9.17) is 0 Å². The molecule has 0 aliphatic carbocycles. The van der Waals surface area contributed by atoms with Crippen molar-refractivity contribution in [2.75, 3.05) is 42.9 Å². The summed E-state index contributed by atoms with van der Waals surface area (Å²) in [7, 11) is 0. The first-order valence-electron chi connectivity index (χ1n) is 10.4. The highest BCUT2D eigenvalue weighted by molar-refractivity contribution is 5.88. The number of rotatable bonds is 6. The van der Waals surface area contributed by atoms with Crippen LogP contribution < -0.4 is 15.5 Å². The van der Waals surface area contributed by atoms with Crippen molar-refractivity contribution in [1.29, 1.82) is 5.26 Å². The molecule has 0 radical (unpaired) electrons. The average Bonchev–Trinajstić information content (AvgIpc) is 3.35. The van der Waals surface area contributed by atoms with Crippen molar-refractivity contribution < 1.29 is 4.79 Å². The molecule has 2 N–H and O–H groups in total. The van der Waals surface area contributed by atoms with Crippen LogP contribution in [-0.4, -0.2) is 68.4 Å². The van der Waals surface area contributed by atoms with Crippen LogP contribution in [0, 0.1) is 11.3 Å². The lowest BCUT2D eigenvalue weighted by molar-refractivity contribution is 0.247. The third kappa shape index (κ3) is 4.98. The van der Waals surface area contributed by atoms with Gasteiger partial charge in [-0.3, -0.25) is 10.2 Å². The van der Waals surface area contributed by atoms with Crippen molar-refractivity contribution in [2.45, 2.75) is 13.5 Å². The summed E-state index contributed by atoms with van der Waals surface area (Å²) in [5.74, 6) is 1.09. The predicted molar refractivity (Wildman–Crippen MR) is 118 cm³/mol. The third-order valence-electron chi connectivity index (χ3n) is 5.11. The summed E-state index contributed by atoms with van der Waals surface area (Å²) >= 11 is 0. The molecule has 11 heteroatoms. The van der Waals surface area contributed by atoms with E-state index in [1.165, 1.54) is 6.33 Å². The lowest BCUT2D eigenvalue weighted by atomic mass is 10.2. The molecule has 1 aliphatic heterocycles. The van der Waals surface area contributed by atoms with Crippen LogP contribution in [0.25, 0.3) is 5.82 Å². The van der Waals surface area contributed by atoms with Crippen LogP contribution in [0.1, 0.15) is 18.3 Å². The second-order valence-electron chi connectivity index (χ2n) is 7.24. The molecule has 0 unspecified atom stereocenters. The van der Waals surface area contributed by atoms with Gasteiger partial charge in [0.15, 0.2) is 11.5 Å². The zero-order chi connectivity index (χ0) is 22.3. The Kier molecular flexibility index (Phi) is 6.52. The van der Waals surface area contributed by atoms with E-state index in [0.717, 1.165) is 37.6 Å². The van der Waals surface area contributed by atoms with Crippen molar-refractivity contribution in [3.63, 3.8) is 0 Å². The monoisotopic (exact) mass is 432 g/mol. The van der Waals surface area contributed by atoms with E-state index in [-0.39, 0.29) is 6.03 Å². The van der Waals surface area contributed by atoms with E-state index in [9.17, 15) is 10.1 Å². The Morgan fingerprint density at radius 3 is 2.78 bits per heavy atom. The molecular formula is C21H24N10O.